The molecular weight excluding hydrogens is 344 g/mol. The van der Waals surface area contributed by atoms with Crippen LogP contribution in [-0.2, 0) is 4.79 Å². The number of methoxy groups -OCH3 is 1. The topological polar surface area (TPSA) is 76.0 Å². The molecule has 2 N–H and O–H groups in total. The van der Waals surface area contributed by atoms with Crippen LogP contribution in [0.4, 0.5) is 0 Å². The molecule has 0 heterocycles. The number of phenols is 1. The number of rotatable bonds is 8. The minimum absolute atomic E-state index is 0.159. The molecule has 0 radical (unpaired) electrons. The number of carbonyl (C=O) groups is 1. The second kappa shape index (κ2) is 9.87. The monoisotopic (exact) mass is 366 g/mol. The molecule has 0 aliphatic carbocycles. The highest BCUT2D eigenvalue weighted by molar-refractivity contribution is 6.02. The summed E-state index contributed by atoms with van der Waals surface area (Å²) in [6, 6.07) is 11.8. The summed E-state index contributed by atoms with van der Waals surface area (Å²) >= 11 is 0. The molecule has 27 heavy (non-hydrogen) atoms. The van der Waals surface area contributed by atoms with Gasteiger partial charge in [0.15, 0.2) is 17.3 Å². The van der Waals surface area contributed by atoms with Gasteiger partial charge >= 0.3 is 0 Å². The summed E-state index contributed by atoms with van der Waals surface area (Å²) in [4.78, 5) is 11.9. The Bertz CT molecular complexity index is 861. The number of aliphatic hydroxyl groups is 1. The molecule has 0 saturated carbocycles. The molecule has 0 aromatic heterocycles. The van der Waals surface area contributed by atoms with Crippen LogP contribution in [0.15, 0.2) is 66.5 Å². The zero-order valence-electron chi connectivity index (χ0n) is 15.3. The first-order valence-electron chi connectivity index (χ1n) is 8.42. The highest BCUT2D eigenvalue weighted by Crippen LogP contribution is 2.28. The summed E-state index contributed by atoms with van der Waals surface area (Å²) in [6.07, 6.45) is 7.17. The van der Waals surface area contributed by atoms with Crippen LogP contribution in [0.2, 0.25) is 0 Å². The van der Waals surface area contributed by atoms with E-state index >= 15 is 0 Å². The minimum atomic E-state index is -0.352. The number of aliphatic hydroxyl groups excluding tert-OH is 1. The van der Waals surface area contributed by atoms with E-state index in [1.54, 1.807) is 43.5 Å². The van der Waals surface area contributed by atoms with Crippen molar-refractivity contribution in [3.05, 3.63) is 77.6 Å². The van der Waals surface area contributed by atoms with E-state index in [9.17, 15) is 15.0 Å². The second-order valence-corrected chi connectivity index (χ2v) is 5.57. The number of benzene rings is 2. The Morgan fingerprint density at radius 2 is 1.67 bits per heavy atom. The van der Waals surface area contributed by atoms with Gasteiger partial charge in [-0.05, 0) is 54.5 Å². The van der Waals surface area contributed by atoms with Gasteiger partial charge in [0.1, 0.15) is 11.5 Å². The number of ether oxygens (including phenoxy) is 2. The van der Waals surface area contributed by atoms with Gasteiger partial charge in [0.05, 0.1) is 13.7 Å². The van der Waals surface area contributed by atoms with Crippen LogP contribution in [-0.4, -0.2) is 29.7 Å². The van der Waals surface area contributed by atoms with Crippen molar-refractivity contribution in [2.24, 2.45) is 0 Å². The van der Waals surface area contributed by atoms with Crippen molar-refractivity contribution in [1.82, 2.24) is 0 Å². The molecule has 0 unspecified atom stereocenters. The third-order valence-corrected chi connectivity index (χ3v) is 3.56. The third kappa shape index (κ3) is 6.40. The molecule has 140 valence electrons. The van der Waals surface area contributed by atoms with Gasteiger partial charge in [0, 0.05) is 6.08 Å². The Hall–Kier alpha value is -3.47. The summed E-state index contributed by atoms with van der Waals surface area (Å²) in [6.45, 7) is 2.43. The van der Waals surface area contributed by atoms with Crippen molar-refractivity contribution in [3.8, 4) is 17.2 Å². The number of aromatic hydroxyl groups is 1. The normalized spacial score (nSPS) is 11.9. The zero-order chi connectivity index (χ0) is 19.6. The fourth-order valence-electron chi connectivity index (χ4n) is 2.25. The number of allylic oxidation sites excluding steroid dienone is 3. The Labute approximate surface area is 158 Å². The molecule has 5 nitrogen and oxygen atoms in total. The van der Waals surface area contributed by atoms with Crippen LogP contribution in [0.25, 0.3) is 12.2 Å². The summed E-state index contributed by atoms with van der Waals surface area (Å²) in [7, 11) is 1.56. The maximum absolute atomic E-state index is 11.9. The fourth-order valence-corrected chi connectivity index (χ4v) is 2.25. The number of ketones is 1. The Morgan fingerprint density at radius 3 is 2.33 bits per heavy atom. The number of phenolic OH excluding ortho intramolecular Hbond substituents is 1. The van der Waals surface area contributed by atoms with Gasteiger partial charge in [-0.25, -0.2) is 0 Å². The average molecular weight is 366 g/mol. The van der Waals surface area contributed by atoms with Crippen molar-refractivity contribution in [2.75, 3.05) is 13.7 Å². The van der Waals surface area contributed by atoms with Gasteiger partial charge in [-0.2, -0.15) is 0 Å². The first-order valence-corrected chi connectivity index (χ1v) is 8.42. The van der Waals surface area contributed by atoms with E-state index < -0.39 is 0 Å². The molecule has 0 amide bonds. The predicted octanol–water partition coefficient (Wildman–Crippen LogP) is 4.54. The average Bonchev–Trinajstić information content (AvgIpc) is 2.67. The third-order valence-electron chi connectivity index (χ3n) is 3.56. The maximum atomic E-state index is 11.9. The van der Waals surface area contributed by atoms with Gasteiger partial charge in [-0.1, -0.05) is 30.4 Å². The molecule has 2 aromatic rings. The van der Waals surface area contributed by atoms with E-state index in [1.807, 2.05) is 13.0 Å². The van der Waals surface area contributed by atoms with Crippen molar-refractivity contribution in [2.45, 2.75) is 6.92 Å². The summed E-state index contributed by atoms with van der Waals surface area (Å²) in [5.74, 6) is 0.881. The van der Waals surface area contributed by atoms with Crippen LogP contribution >= 0.6 is 0 Å². The Kier molecular flexibility index (Phi) is 7.26. The van der Waals surface area contributed by atoms with Gasteiger partial charge in [0.2, 0.25) is 0 Å². The molecule has 0 aliphatic heterocycles. The standard InChI is InChI=1S/C22H22O5/c1-3-27-21-13-8-17(14-22(21)26-2)7-12-20(25)15-19(24)11-6-16-4-9-18(23)10-5-16/h4-15,23,25H,3H2,1-2H3/b11-6+,12-7+,20-15?. The van der Waals surface area contributed by atoms with Gasteiger partial charge in [-0.15, -0.1) is 0 Å². The van der Waals surface area contributed by atoms with Crippen LogP contribution in [0.3, 0.4) is 0 Å². The minimum Gasteiger partial charge on any atom is -0.508 e. The van der Waals surface area contributed by atoms with Crippen molar-refractivity contribution < 1.29 is 24.5 Å². The molecule has 0 spiro atoms. The van der Waals surface area contributed by atoms with Crippen LogP contribution in [0.1, 0.15) is 18.1 Å². The molecule has 0 atom stereocenters. The summed E-state index contributed by atoms with van der Waals surface area (Å²) < 4.78 is 10.7. The number of carbonyl (C=O) groups excluding carboxylic acids is 1. The predicted molar refractivity (Wildman–Crippen MR) is 106 cm³/mol. The lowest BCUT2D eigenvalue weighted by Crippen LogP contribution is -1.95. The first kappa shape index (κ1) is 19.8. The van der Waals surface area contributed by atoms with Gasteiger partial charge in [-0.3, -0.25) is 4.79 Å². The zero-order valence-corrected chi connectivity index (χ0v) is 15.3. The van der Waals surface area contributed by atoms with Gasteiger partial charge < -0.3 is 19.7 Å². The quantitative estimate of drug-likeness (QED) is 0.408. The fraction of sp³-hybridized carbons (Fsp3) is 0.136. The molecule has 0 bridgehead atoms. The molecule has 0 fully saturated rings. The second-order valence-electron chi connectivity index (χ2n) is 5.57. The van der Waals surface area contributed by atoms with Crippen molar-refractivity contribution in [1.29, 1.82) is 0 Å². The van der Waals surface area contributed by atoms with Crippen molar-refractivity contribution >= 4 is 17.9 Å². The van der Waals surface area contributed by atoms with E-state index in [1.165, 1.54) is 24.3 Å². The Morgan fingerprint density at radius 1 is 1.00 bits per heavy atom. The number of hydrogen-bond donors (Lipinski definition) is 2. The largest absolute Gasteiger partial charge is 0.508 e. The highest BCUT2D eigenvalue weighted by atomic mass is 16.5. The summed E-state index contributed by atoms with van der Waals surface area (Å²) in [5.41, 5.74) is 1.56. The smallest absolute Gasteiger partial charge is 0.182 e. The van der Waals surface area contributed by atoms with Crippen LogP contribution in [0.5, 0.6) is 17.2 Å². The van der Waals surface area contributed by atoms with Crippen LogP contribution in [0, 0.1) is 0 Å². The maximum Gasteiger partial charge on any atom is 0.182 e. The van der Waals surface area contributed by atoms with E-state index in [0.717, 1.165) is 17.2 Å². The number of hydrogen-bond acceptors (Lipinski definition) is 5. The SMILES string of the molecule is CCOc1ccc(/C=C/C(O)=CC(=O)/C=C/c2ccc(O)cc2)cc1OC. The molecule has 5 heteroatoms. The lowest BCUT2D eigenvalue weighted by molar-refractivity contribution is -0.110. The molecule has 2 rings (SSSR count). The highest BCUT2D eigenvalue weighted by Gasteiger charge is 2.03. The Balaban J connectivity index is 2.03. The lowest BCUT2D eigenvalue weighted by atomic mass is 10.1. The van der Waals surface area contributed by atoms with E-state index in [4.69, 9.17) is 9.47 Å². The van der Waals surface area contributed by atoms with E-state index in [-0.39, 0.29) is 17.3 Å². The van der Waals surface area contributed by atoms with Crippen LogP contribution < -0.4 is 9.47 Å². The first-order chi connectivity index (χ1) is 13.0. The molecule has 2 aromatic carbocycles. The van der Waals surface area contributed by atoms with Crippen molar-refractivity contribution in [3.63, 3.8) is 0 Å². The van der Waals surface area contributed by atoms with E-state index in [2.05, 4.69) is 0 Å². The lowest BCUT2D eigenvalue weighted by Gasteiger charge is -2.09. The van der Waals surface area contributed by atoms with Gasteiger partial charge in [0.25, 0.3) is 0 Å². The molecule has 0 aliphatic rings. The van der Waals surface area contributed by atoms with E-state index in [0.29, 0.717) is 18.1 Å². The molecular formula is C22H22O5. The summed E-state index contributed by atoms with van der Waals surface area (Å²) in [5, 5.41) is 19.1. The molecule has 0 saturated heterocycles.